The van der Waals surface area contributed by atoms with E-state index in [0.29, 0.717) is 5.69 Å². The van der Waals surface area contributed by atoms with Gasteiger partial charge in [-0.3, -0.25) is 19.8 Å². The number of fused-ring (bicyclic) bond motifs is 1. The number of carbonyl (C=O) groups is 2. The van der Waals surface area contributed by atoms with E-state index in [-0.39, 0.29) is 5.56 Å². The standard InChI is InChI=1S/C12H9N3O5/c1-13-9(10(16)17)12(6-15(19)20)7-4-2-3-5-8(7)14-11(12)18/h2-5,9H,6H2,(H,14,18)(H,16,17). The van der Waals surface area contributed by atoms with Crippen LogP contribution in [0.5, 0.6) is 0 Å². The molecular weight excluding hydrogens is 266 g/mol. The zero-order valence-corrected chi connectivity index (χ0v) is 10.1. The highest BCUT2D eigenvalue weighted by molar-refractivity contribution is 6.10. The molecule has 0 fully saturated rings. The molecule has 1 amide bonds. The summed E-state index contributed by atoms with van der Waals surface area (Å²) in [7, 11) is 0. The average Bonchev–Trinajstić information content (AvgIpc) is 2.63. The molecule has 0 radical (unpaired) electrons. The third-order valence-electron chi connectivity index (χ3n) is 3.27. The molecule has 0 aliphatic carbocycles. The fraction of sp³-hybridized carbons (Fsp3) is 0.250. The van der Waals surface area contributed by atoms with Gasteiger partial charge in [0.1, 0.15) is 0 Å². The van der Waals surface area contributed by atoms with Crippen LogP contribution >= 0.6 is 0 Å². The Morgan fingerprint density at radius 1 is 1.55 bits per heavy atom. The lowest BCUT2D eigenvalue weighted by Crippen LogP contribution is -2.52. The van der Waals surface area contributed by atoms with Gasteiger partial charge in [-0.05, 0) is 6.07 Å². The Kier molecular flexibility index (Phi) is 3.11. The number of hydrogen-bond acceptors (Lipinski definition) is 4. The maximum Gasteiger partial charge on any atom is 0.389 e. The summed E-state index contributed by atoms with van der Waals surface area (Å²) in [6.07, 6.45) is 0. The van der Waals surface area contributed by atoms with Crippen LogP contribution in [0.4, 0.5) is 5.69 Å². The van der Waals surface area contributed by atoms with Crippen molar-refractivity contribution in [2.45, 2.75) is 11.5 Å². The van der Waals surface area contributed by atoms with E-state index in [4.69, 9.17) is 11.7 Å². The number of hydrogen-bond donors (Lipinski definition) is 2. The molecule has 0 saturated carbocycles. The van der Waals surface area contributed by atoms with Crippen molar-refractivity contribution in [1.82, 2.24) is 0 Å². The van der Waals surface area contributed by atoms with Crippen LogP contribution in [0.25, 0.3) is 4.85 Å². The topological polar surface area (TPSA) is 114 Å². The number of aliphatic carboxylic acids is 1. The van der Waals surface area contributed by atoms with Crippen molar-refractivity contribution in [3.63, 3.8) is 0 Å². The van der Waals surface area contributed by atoms with E-state index in [1.165, 1.54) is 18.2 Å². The van der Waals surface area contributed by atoms with Crippen LogP contribution in [0, 0.1) is 16.7 Å². The molecule has 8 heteroatoms. The molecule has 2 atom stereocenters. The molecule has 20 heavy (non-hydrogen) atoms. The third kappa shape index (κ3) is 1.76. The number of anilines is 1. The molecule has 8 nitrogen and oxygen atoms in total. The molecule has 0 saturated heterocycles. The van der Waals surface area contributed by atoms with Crippen LogP contribution < -0.4 is 5.32 Å². The molecule has 1 aliphatic heterocycles. The summed E-state index contributed by atoms with van der Waals surface area (Å²) in [5.41, 5.74) is -1.53. The quantitative estimate of drug-likeness (QED) is 0.472. The van der Waals surface area contributed by atoms with Crippen molar-refractivity contribution in [3.05, 3.63) is 51.4 Å². The number of para-hydroxylation sites is 1. The van der Waals surface area contributed by atoms with E-state index >= 15 is 0 Å². The van der Waals surface area contributed by atoms with Crippen molar-refractivity contribution in [3.8, 4) is 0 Å². The molecule has 2 N–H and O–H groups in total. The predicted molar refractivity (Wildman–Crippen MR) is 66.6 cm³/mol. The second-order valence-electron chi connectivity index (χ2n) is 4.33. The van der Waals surface area contributed by atoms with Crippen LogP contribution in [0.2, 0.25) is 0 Å². The largest absolute Gasteiger partial charge is 0.475 e. The maximum absolute atomic E-state index is 12.2. The Morgan fingerprint density at radius 2 is 2.20 bits per heavy atom. The predicted octanol–water partition coefficient (Wildman–Crippen LogP) is 0.526. The summed E-state index contributed by atoms with van der Waals surface area (Å²) in [5.74, 6) is -2.40. The number of carbonyl (C=O) groups excluding carboxylic acids is 1. The Hall–Kier alpha value is -2.95. The highest BCUT2D eigenvalue weighted by Crippen LogP contribution is 2.41. The van der Waals surface area contributed by atoms with E-state index in [2.05, 4.69) is 10.2 Å². The van der Waals surface area contributed by atoms with E-state index in [1.54, 1.807) is 6.07 Å². The van der Waals surface area contributed by atoms with Gasteiger partial charge in [0.15, 0.2) is 0 Å². The number of amides is 1. The number of nitro groups is 1. The molecule has 1 aliphatic rings. The zero-order valence-electron chi connectivity index (χ0n) is 10.1. The van der Waals surface area contributed by atoms with Crippen molar-refractivity contribution >= 4 is 17.6 Å². The number of rotatable bonds is 4. The van der Waals surface area contributed by atoms with Crippen molar-refractivity contribution in [2.24, 2.45) is 0 Å². The summed E-state index contributed by atoms with van der Waals surface area (Å²) in [5, 5.41) is 22.4. The highest BCUT2D eigenvalue weighted by atomic mass is 16.6. The number of carboxylic acids is 1. The Morgan fingerprint density at radius 3 is 2.75 bits per heavy atom. The lowest BCUT2D eigenvalue weighted by atomic mass is 9.75. The van der Waals surface area contributed by atoms with Crippen LogP contribution in [-0.4, -0.2) is 34.5 Å². The first-order valence-corrected chi connectivity index (χ1v) is 5.55. The van der Waals surface area contributed by atoms with Gasteiger partial charge in [0.05, 0.1) is 0 Å². The van der Waals surface area contributed by atoms with Crippen LogP contribution in [0.15, 0.2) is 24.3 Å². The van der Waals surface area contributed by atoms with E-state index < -0.39 is 34.8 Å². The Balaban J connectivity index is 2.71. The summed E-state index contributed by atoms with van der Waals surface area (Å²) >= 11 is 0. The van der Waals surface area contributed by atoms with Gasteiger partial charge in [-0.1, -0.05) is 18.2 Å². The van der Waals surface area contributed by atoms with E-state index in [1.807, 2.05) is 0 Å². The Labute approximate surface area is 113 Å². The SMILES string of the molecule is [C-]#[N+]C(C(=O)O)C1(C[N+](=O)[O-])C(=O)Nc2ccccc21. The second kappa shape index (κ2) is 4.62. The first-order chi connectivity index (χ1) is 9.43. The summed E-state index contributed by atoms with van der Waals surface area (Å²) in [6, 6.07) is 4.23. The van der Waals surface area contributed by atoms with Gasteiger partial charge in [0, 0.05) is 16.2 Å². The van der Waals surface area contributed by atoms with Gasteiger partial charge in [-0.2, -0.15) is 0 Å². The molecule has 1 heterocycles. The van der Waals surface area contributed by atoms with Crippen molar-refractivity contribution < 1.29 is 19.6 Å². The number of benzene rings is 1. The van der Waals surface area contributed by atoms with E-state index in [9.17, 15) is 19.7 Å². The summed E-state index contributed by atoms with van der Waals surface area (Å²) in [4.78, 5) is 36.5. The van der Waals surface area contributed by atoms with Gasteiger partial charge in [-0.25, -0.2) is 11.4 Å². The molecule has 2 rings (SSSR count). The lowest BCUT2D eigenvalue weighted by Gasteiger charge is -2.21. The van der Waals surface area contributed by atoms with Crippen LogP contribution in [0.3, 0.4) is 0 Å². The summed E-state index contributed by atoms with van der Waals surface area (Å²) in [6.45, 7) is 6.05. The summed E-state index contributed by atoms with van der Waals surface area (Å²) < 4.78 is 0. The second-order valence-corrected chi connectivity index (χ2v) is 4.33. The molecule has 1 aromatic rings. The molecule has 102 valence electrons. The number of nitrogens with one attached hydrogen (secondary N) is 1. The molecular formula is C12H9N3O5. The lowest BCUT2D eigenvalue weighted by molar-refractivity contribution is -0.488. The van der Waals surface area contributed by atoms with Crippen LogP contribution in [0.1, 0.15) is 5.56 Å². The fourth-order valence-electron chi connectivity index (χ4n) is 2.43. The maximum atomic E-state index is 12.2. The monoisotopic (exact) mass is 275 g/mol. The van der Waals surface area contributed by atoms with Gasteiger partial charge < -0.3 is 10.4 Å². The van der Waals surface area contributed by atoms with Crippen molar-refractivity contribution in [2.75, 3.05) is 11.9 Å². The molecule has 0 aromatic heterocycles. The third-order valence-corrected chi connectivity index (χ3v) is 3.27. The normalized spacial score (nSPS) is 21.4. The average molecular weight is 275 g/mol. The molecule has 0 bridgehead atoms. The van der Waals surface area contributed by atoms with E-state index in [0.717, 1.165) is 0 Å². The van der Waals surface area contributed by atoms with Gasteiger partial charge in [0.25, 0.3) is 5.91 Å². The molecule has 1 aromatic carbocycles. The van der Waals surface area contributed by atoms with Gasteiger partial charge in [0.2, 0.25) is 12.0 Å². The number of nitrogens with zero attached hydrogens (tertiary/aromatic N) is 2. The van der Waals surface area contributed by atoms with Crippen molar-refractivity contribution in [1.29, 1.82) is 0 Å². The minimum atomic E-state index is -2.01. The van der Waals surface area contributed by atoms with Gasteiger partial charge >= 0.3 is 12.0 Å². The first kappa shape index (κ1) is 13.5. The van der Waals surface area contributed by atoms with Crippen LogP contribution in [-0.2, 0) is 15.0 Å². The molecule has 0 spiro atoms. The highest BCUT2D eigenvalue weighted by Gasteiger charge is 2.63. The zero-order chi connectivity index (χ0) is 14.9. The molecule has 2 unspecified atom stereocenters. The van der Waals surface area contributed by atoms with Gasteiger partial charge in [-0.15, -0.1) is 0 Å². The smallest absolute Gasteiger partial charge is 0.389 e. The Bertz CT molecular complexity index is 651. The first-order valence-electron chi connectivity index (χ1n) is 5.55. The number of carboxylic acid groups (broad SMARTS) is 1. The fourth-order valence-corrected chi connectivity index (χ4v) is 2.43. The minimum absolute atomic E-state index is 0.171. The minimum Gasteiger partial charge on any atom is -0.475 e.